The average Bonchev–Trinajstić information content (AvgIpc) is 2.78. The smallest absolute Gasteiger partial charge is 0.251 e. The van der Waals surface area contributed by atoms with Gasteiger partial charge in [0, 0.05) is 18.7 Å². The highest BCUT2D eigenvalue weighted by Crippen LogP contribution is 2.23. The van der Waals surface area contributed by atoms with E-state index in [9.17, 15) is 13.2 Å². The molecular formula is C24H32N2O4S. The third-order valence-corrected chi connectivity index (χ3v) is 7.42. The van der Waals surface area contributed by atoms with Crippen molar-refractivity contribution in [1.82, 2.24) is 9.62 Å². The zero-order chi connectivity index (χ0) is 22.3. The Morgan fingerprint density at radius 2 is 1.77 bits per heavy atom. The Bertz CT molecular complexity index is 981. The molecule has 0 unspecified atom stereocenters. The summed E-state index contributed by atoms with van der Waals surface area (Å²) in [7, 11) is -3.58. The van der Waals surface area contributed by atoms with E-state index in [0.29, 0.717) is 31.8 Å². The number of carbonyl (C=O) groups is 1. The average molecular weight is 445 g/mol. The fourth-order valence-corrected chi connectivity index (χ4v) is 5.27. The summed E-state index contributed by atoms with van der Waals surface area (Å²) >= 11 is 0. The fraction of sp³-hybridized carbons (Fsp3) is 0.458. The van der Waals surface area contributed by atoms with E-state index in [0.717, 1.165) is 43.4 Å². The van der Waals surface area contributed by atoms with Crippen LogP contribution in [0.4, 0.5) is 0 Å². The summed E-state index contributed by atoms with van der Waals surface area (Å²) < 4.78 is 33.1. The monoisotopic (exact) mass is 444 g/mol. The van der Waals surface area contributed by atoms with E-state index in [4.69, 9.17) is 4.74 Å². The van der Waals surface area contributed by atoms with Crippen LogP contribution in [0.5, 0.6) is 5.75 Å². The number of ether oxygens (including phenoxy) is 1. The van der Waals surface area contributed by atoms with Crippen LogP contribution < -0.4 is 10.1 Å². The predicted molar refractivity (Wildman–Crippen MR) is 122 cm³/mol. The highest BCUT2D eigenvalue weighted by Gasteiger charge is 2.27. The number of aryl methyl sites for hydroxylation is 2. The number of rotatable bonds is 9. The van der Waals surface area contributed by atoms with Gasteiger partial charge in [-0.15, -0.1) is 0 Å². The minimum Gasteiger partial charge on any atom is -0.492 e. The second kappa shape index (κ2) is 10.8. The fourth-order valence-electron chi connectivity index (χ4n) is 3.73. The van der Waals surface area contributed by atoms with Crippen molar-refractivity contribution < 1.29 is 17.9 Å². The maximum Gasteiger partial charge on any atom is 0.251 e. The molecule has 1 saturated heterocycles. The molecule has 3 rings (SSSR count). The highest BCUT2D eigenvalue weighted by atomic mass is 32.2. The predicted octanol–water partition coefficient (Wildman–Crippen LogP) is 3.93. The molecule has 0 aliphatic carbocycles. The number of piperidine rings is 1. The highest BCUT2D eigenvalue weighted by molar-refractivity contribution is 7.89. The maximum atomic E-state index is 12.9. The lowest BCUT2D eigenvalue weighted by Crippen LogP contribution is -2.36. The Morgan fingerprint density at radius 1 is 1.06 bits per heavy atom. The molecule has 0 radical (unpaired) electrons. The van der Waals surface area contributed by atoms with Gasteiger partial charge in [-0.2, -0.15) is 4.31 Å². The van der Waals surface area contributed by atoms with Gasteiger partial charge < -0.3 is 10.1 Å². The summed E-state index contributed by atoms with van der Waals surface area (Å²) in [5, 5.41) is 2.83. The number of hydrogen-bond acceptors (Lipinski definition) is 4. The third-order valence-electron chi connectivity index (χ3n) is 5.52. The first-order valence-electron chi connectivity index (χ1n) is 11.0. The van der Waals surface area contributed by atoms with Crippen molar-refractivity contribution in [3.63, 3.8) is 0 Å². The third kappa shape index (κ3) is 6.08. The van der Waals surface area contributed by atoms with Crippen molar-refractivity contribution in [3.8, 4) is 5.75 Å². The van der Waals surface area contributed by atoms with E-state index >= 15 is 0 Å². The summed E-state index contributed by atoms with van der Waals surface area (Å²) in [5.41, 5.74) is 2.39. The van der Waals surface area contributed by atoms with Crippen molar-refractivity contribution in [1.29, 1.82) is 0 Å². The molecule has 0 atom stereocenters. The molecule has 1 heterocycles. The second-order valence-electron chi connectivity index (χ2n) is 7.94. The lowest BCUT2D eigenvalue weighted by molar-refractivity contribution is 0.0946. The van der Waals surface area contributed by atoms with E-state index in [1.165, 1.54) is 15.9 Å². The molecular weight excluding hydrogens is 412 g/mol. The van der Waals surface area contributed by atoms with Gasteiger partial charge in [-0.3, -0.25) is 4.79 Å². The second-order valence-corrected chi connectivity index (χ2v) is 9.88. The summed E-state index contributed by atoms with van der Waals surface area (Å²) in [4.78, 5) is 12.8. The molecule has 1 aliphatic rings. The van der Waals surface area contributed by atoms with Crippen molar-refractivity contribution in [3.05, 3.63) is 59.2 Å². The molecule has 1 fully saturated rings. The molecule has 1 amide bonds. The van der Waals surface area contributed by atoms with Crippen LogP contribution in [-0.2, 0) is 16.4 Å². The molecule has 0 spiro atoms. The molecule has 168 valence electrons. The number of benzene rings is 2. The van der Waals surface area contributed by atoms with Gasteiger partial charge in [0.05, 0.1) is 11.4 Å². The first kappa shape index (κ1) is 23.3. The van der Waals surface area contributed by atoms with Crippen molar-refractivity contribution in [2.45, 2.75) is 50.8 Å². The standard InChI is InChI=1S/C24H32N2O4S/c1-3-7-20-9-11-21(12-10-20)30-17-14-25-24(27)23-18-22(13-8-19(23)2)31(28,29)26-15-5-4-6-16-26/h8-13,18H,3-7,14-17H2,1-2H3,(H,25,27). The summed E-state index contributed by atoms with van der Waals surface area (Å²) in [6, 6.07) is 12.7. The van der Waals surface area contributed by atoms with Gasteiger partial charge in [-0.1, -0.05) is 38.0 Å². The largest absolute Gasteiger partial charge is 0.492 e. The molecule has 0 aromatic heterocycles. The summed E-state index contributed by atoms with van der Waals surface area (Å²) in [5.74, 6) is 0.468. The van der Waals surface area contributed by atoms with Crippen molar-refractivity contribution in [2.24, 2.45) is 0 Å². The van der Waals surface area contributed by atoms with E-state index in [1.807, 2.05) is 12.1 Å². The number of carbonyl (C=O) groups excluding carboxylic acids is 1. The van der Waals surface area contributed by atoms with Crippen LogP contribution in [-0.4, -0.2) is 44.9 Å². The Hall–Kier alpha value is -2.38. The van der Waals surface area contributed by atoms with Crippen molar-refractivity contribution in [2.75, 3.05) is 26.2 Å². The normalized spacial score (nSPS) is 14.9. The molecule has 0 bridgehead atoms. The van der Waals surface area contributed by atoms with Crippen molar-refractivity contribution >= 4 is 15.9 Å². The molecule has 2 aromatic carbocycles. The lowest BCUT2D eigenvalue weighted by Gasteiger charge is -2.26. The molecule has 7 heteroatoms. The van der Waals surface area contributed by atoms with Crippen LogP contribution in [0.25, 0.3) is 0 Å². The molecule has 1 N–H and O–H groups in total. The number of hydrogen-bond donors (Lipinski definition) is 1. The van der Waals surface area contributed by atoms with Crippen LogP contribution >= 0.6 is 0 Å². The zero-order valence-corrected chi connectivity index (χ0v) is 19.2. The number of amides is 1. The van der Waals surface area contributed by atoms with Gasteiger partial charge in [0.25, 0.3) is 5.91 Å². The first-order valence-corrected chi connectivity index (χ1v) is 12.5. The van der Waals surface area contributed by atoms with Crippen LogP contribution in [0.1, 0.15) is 54.1 Å². The van der Waals surface area contributed by atoms with E-state index in [1.54, 1.807) is 19.1 Å². The van der Waals surface area contributed by atoms with Crippen LogP contribution in [0.15, 0.2) is 47.4 Å². The maximum absolute atomic E-state index is 12.9. The van der Waals surface area contributed by atoms with Gasteiger partial charge in [0.1, 0.15) is 12.4 Å². The van der Waals surface area contributed by atoms with Gasteiger partial charge in [-0.25, -0.2) is 8.42 Å². The summed E-state index contributed by atoms with van der Waals surface area (Å²) in [6.45, 7) is 5.69. The van der Waals surface area contributed by atoms with Gasteiger partial charge in [-0.05, 0) is 61.6 Å². The molecule has 0 saturated carbocycles. The van der Waals surface area contributed by atoms with Crippen LogP contribution in [0, 0.1) is 6.92 Å². The van der Waals surface area contributed by atoms with Gasteiger partial charge in [0.15, 0.2) is 0 Å². The summed E-state index contributed by atoms with van der Waals surface area (Å²) in [6.07, 6.45) is 4.95. The molecule has 6 nitrogen and oxygen atoms in total. The van der Waals surface area contributed by atoms with E-state index in [-0.39, 0.29) is 10.8 Å². The molecule has 31 heavy (non-hydrogen) atoms. The quantitative estimate of drug-likeness (QED) is 0.595. The van der Waals surface area contributed by atoms with Gasteiger partial charge >= 0.3 is 0 Å². The Morgan fingerprint density at radius 3 is 2.45 bits per heavy atom. The van der Waals surface area contributed by atoms with Gasteiger partial charge in [0.2, 0.25) is 10.0 Å². The Balaban J connectivity index is 1.58. The first-order chi connectivity index (χ1) is 14.9. The Labute approximate surface area is 185 Å². The van der Waals surface area contributed by atoms with E-state index in [2.05, 4.69) is 24.4 Å². The van der Waals surface area contributed by atoms with E-state index < -0.39 is 10.0 Å². The lowest BCUT2D eigenvalue weighted by atomic mass is 10.1. The molecule has 2 aromatic rings. The van der Waals surface area contributed by atoms with Crippen LogP contribution in [0.3, 0.4) is 0 Å². The number of nitrogens with one attached hydrogen (secondary N) is 1. The topological polar surface area (TPSA) is 75.7 Å². The SMILES string of the molecule is CCCc1ccc(OCCNC(=O)c2cc(S(=O)(=O)N3CCCCC3)ccc2C)cc1. The molecule has 1 aliphatic heterocycles. The zero-order valence-electron chi connectivity index (χ0n) is 18.4. The minimum absolute atomic E-state index is 0.175. The Kier molecular flexibility index (Phi) is 8.09. The number of nitrogens with zero attached hydrogens (tertiary/aromatic N) is 1. The van der Waals surface area contributed by atoms with Crippen LogP contribution in [0.2, 0.25) is 0 Å². The number of sulfonamides is 1. The minimum atomic E-state index is -3.58.